The molecule has 1 rings (SSSR count). The highest BCUT2D eigenvalue weighted by molar-refractivity contribution is 5.51. The minimum Gasteiger partial charge on any atom is -0.516 e. The van der Waals surface area contributed by atoms with Crippen LogP contribution in [0.25, 0.3) is 6.08 Å². The maximum absolute atomic E-state index is 8.36. The third-order valence-electron chi connectivity index (χ3n) is 1.56. The number of aryl methyl sites for hydroxylation is 1. The molecular formula is C11H12O. The van der Waals surface area contributed by atoms with E-state index in [-0.39, 0.29) is 0 Å². The van der Waals surface area contributed by atoms with Crippen molar-refractivity contribution < 1.29 is 5.11 Å². The van der Waals surface area contributed by atoms with E-state index in [9.17, 15) is 0 Å². The lowest BCUT2D eigenvalue weighted by atomic mass is 10.1. The summed E-state index contributed by atoms with van der Waals surface area (Å²) >= 11 is 0. The van der Waals surface area contributed by atoms with E-state index in [1.165, 1.54) is 5.56 Å². The van der Waals surface area contributed by atoms with Crippen molar-refractivity contribution in [1.29, 1.82) is 0 Å². The summed E-state index contributed by atoms with van der Waals surface area (Å²) in [6.45, 7) is 2.06. The highest BCUT2D eigenvalue weighted by atomic mass is 16.2. The third-order valence-corrected chi connectivity index (χ3v) is 1.56. The second kappa shape index (κ2) is 4.39. The maximum Gasteiger partial charge on any atom is 0.0791 e. The van der Waals surface area contributed by atoms with Gasteiger partial charge in [0.25, 0.3) is 0 Å². The Morgan fingerprint density at radius 3 is 2.33 bits per heavy atom. The second-order valence-electron chi connectivity index (χ2n) is 2.61. The molecule has 1 aromatic carbocycles. The summed E-state index contributed by atoms with van der Waals surface area (Å²) in [5.41, 5.74) is 2.39. The fourth-order valence-electron chi connectivity index (χ4n) is 0.894. The highest BCUT2D eigenvalue weighted by Crippen LogP contribution is 2.04. The molecule has 1 N–H and O–H groups in total. The van der Waals surface area contributed by atoms with Crippen LogP contribution >= 0.6 is 0 Å². The average molecular weight is 160 g/mol. The molecule has 0 aliphatic heterocycles. The van der Waals surface area contributed by atoms with Gasteiger partial charge in [0, 0.05) is 0 Å². The van der Waals surface area contributed by atoms with Crippen LogP contribution in [0.2, 0.25) is 0 Å². The largest absolute Gasteiger partial charge is 0.516 e. The molecule has 1 aromatic rings. The number of benzene rings is 1. The van der Waals surface area contributed by atoms with Gasteiger partial charge in [-0.3, -0.25) is 0 Å². The van der Waals surface area contributed by atoms with E-state index in [2.05, 4.69) is 19.1 Å². The second-order valence-corrected chi connectivity index (χ2v) is 2.61. The molecule has 0 saturated heterocycles. The molecule has 0 aliphatic carbocycles. The van der Waals surface area contributed by atoms with Gasteiger partial charge in [-0.25, -0.2) is 0 Å². The zero-order chi connectivity index (χ0) is 8.81. The zero-order valence-electron chi connectivity index (χ0n) is 7.07. The SMILES string of the molecule is Cc1ccc(/C=C/C=C/O)cc1. The first-order valence-electron chi connectivity index (χ1n) is 3.87. The van der Waals surface area contributed by atoms with Crippen LogP contribution < -0.4 is 0 Å². The molecule has 0 amide bonds. The maximum atomic E-state index is 8.36. The first-order chi connectivity index (χ1) is 5.83. The highest BCUT2D eigenvalue weighted by Gasteiger charge is 1.83. The van der Waals surface area contributed by atoms with Gasteiger partial charge in [-0.1, -0.05) is 42.0 Å². The average Bonchev–Trinajstić information content (AvgIpc) is 2.09. The monoisotopic (exact) mass is 160 g/mol. The molecule has 0 heterocycles. The molecule has 0 bridgehead atoms. The van der Waals surface area contributed by atoms with Gasteiger partial charge in [0.1, 0.15) is 0 Å². The van der Waals surface area contributed by atoms with Gasteiger partial charge in [-0.15, -0.1) is 0 Å². The quantitative estimate of drug-likeness (QED) is 0.520. The van der Waals surface area contributed by atoms with Gasteiger partial charge in [-0.2, -0.15) is 0 Å². The van der Waals surface area contributed by atoms with E-state index < -0.39 is 0 Å². The van der Waals surface area contributed by atoms with Crippen molar-refractivity contribution in [3.8, 4) is 0 Å². The van der Waals surface area contributed by atoms with Gasteiger partial charge in [0.2, 0.25) is 0 Å². The van der Waals surface area contributed by atoms with Crippen LogP contribution in [-0.4, -0.2) is 5.11 Å². The first-order valence-corrected chi connectivity index (χ1v) is 3.87. The smallest absolute Gasteiger partial charge is 0.0791 e. The summed E-state index contributed by atoms with van der Waals surface area (Å²) < 4.78 is 0. The first kappa shape index (κ1) is 8.60. The molecule has 12 heavy (non-hydrogen) atoms. The molecule has 0 fully saturated rings. The Bertz CT molecular complexity index is 280. The van der Waals surface area contributed by atoms with Gasteiger partial charge in [0.15, 0.2) is 0 Å². The number of rotatable bonds is 2. The van der Waals surface area contributed by atoms with E-state index in [1.807, 2.05) is 18.2 Å². The molecule has 0 radical (unpaired) electrons. The summed E-state index contributed by atoms with van der Waals surface area (Å²) in [4.78, 5) is 0. The molecule has 1 heteroatoms. The van der Waals surface area contributed by atoms with Crippen molar-refractivity contribution in [3.63, 3.8) is 0 Å². The molecule has 0 atom stereocenters. The van der Waals surface area contributed by atoms with Gasteiger partial charge >= 0.3 is 0 Å². The third kappa shape index (κ3) is 2.62. The van der Waals surface area contributed by atoms with Crippen molar-refractivity contribution in [1.82, 2.24) is 0 Å². The van der Waals surface area contributed by atoms with Crippen LogP contribution in [0.1, 0.15) is 11.1 Å². The molecule has 0 aromatic heterocycles. The lowest BCUT2D eigenvalue weighted by Crippen LogP contribution is -1.72. The van der Waals surface area contributed by atoms with Crippen LogP contribution in [0.15, 0.2) is 42.7 Å². The summed E-state index contributed by atoms with van der Waals surface area (Å²) in [5.74, 6) is 0. The van der Waals surface area contributed by atoms with Gasteiger partial charge in [0.05, 0.1) is 6.26 Å². The van der Waals surface area contributed by atoms with Crippen LogP contribution in [0.3, 0.4) is 0 Å². The van der Waals surface area contributed by atoms with Gasteiger partial charge < -0.3 is 5.11 Å². The fraction of sp³-hybridized carbons (Fsp3) is 0.0909. The Morgan fingerprint density at radius 2 is 1.75 bits per heavy atom. The van der Waals surface area contributed by atoms with Crippen molar-refractivity contribution in [2.75, 3.05) is 0 Å². The Hall–Kier alpha value is -1.50. The van der Waals surface area contributed by atoms with E-state index in [0.29, 0.717) is 0 Å². The number of allylic oxidation sites excluding steroid dienone is 2. The zero-order valence-corrected chi connectivity index (χ0v) is 7.07. The minimum atomic E-state index is 1.02. The molecule has 0 aliphatic rings. The van der Waals surface area contributed by atoms with Crippen LogP contribution in [0, 0.1) is 6.92 Å². The van der Waals surface area contributed by atoms with E-state index in [0.717, 1.165) is 11.8 Å². The Balaban J connectivity index is 2.70. The minimum absolute atomic E-state index is 1.02. The van der Waals surface area contributed by atoms with Crippen LogP contribution in [0.5, 0.6) is 0 Å². The fourth-order valence-corrected chi connectivity index (χ4v) is 0.894. The Labute approximate surface area is 72.7 Å². The standard InChI is InChI=1S/C11H12O/c1-10-5-7-11(8-6-10)4-2-3-9-12/h2-9,12H,1H3/b4-2+,9-3+. The molecule has 0 spiro atoms. The molecule has 1 nitrogen and oxygen atoms in total. The number of hydrogen-bond acceptors (Lipinski definition) is 1. The lowest BCUT2D eigenvalue weighted by molar-refractivity contribution is 0.474. The Morgan fingerprint density at radius 1 is 1.08 bits per heavy atom. The summed E-state index contributed by atoms with van der Waals surface area (Å²) in [6, 6.07) is 8.19. The van der Waals surface area contributed by atoms with Crippen LogP contribution in [0.4, 0.5) is 0 Å². The summed E-state index contributed by atoms with van der Waals surface area (Å²) in [7, 11) is 0. The summed E-state index contributed by atoms with van der Waals surface area (Å²) in [5, 5.41) is 8.36. The number of aliphatic hydroxyl groups is 1. The van der Waals surface area contributed by atoms with Gasteiger partial charge in [-0.05, 0) is 18.6 Å². The van der Waals surface area contributed by atoms with Crippen molar-refractivity contribution in [2.24, 2.45) is 0 Å². The predicted octanol–water partition coefficient (Wildman–Crippen LogP) is 3.08. The molecular weight excluding hydrogens is 148 g/mol. The van der Waals surface area contributed by atoms with Crippen LogP contribution in [-0.2, 0) is 0 Å². The van der Waals surface area contributed by atoms with E-state index in [4.69, 9.17) is 5.11 Å². The Kier molecular flexibility index (Phi) is 3.15. The molecule has 62 valence electrons. The lowest BCUT2D eigenvalue weighted by Gasteiger charge is -1.92. The molecule has 0 saturated carbocycles. The normalized spacial score (nSPS) is 11.4. The molecule has 0 unspecified atom stereocenters. The summed E-state index contributed by atoms with van der Waals surface area (Å²) in [6.07, 6.45) is 6.33. The predicted molar refractivity (Wildman–Crippen MR) is 52.0 cm³/mol. The van der Waals surface area contributed by atoms with E-state index in [1.54, 1.807) is 12.2 Å². The number of aliphatic hydroxyl groups excluding tert-OH is 1. The van der Waals surface area contributed by atoms with Crippen molar-refractivity contribution in [3.05, 3.63) is 53.8 Å². The van der Waals surface area contributed by atoms with Crippen molar-refractivity contribution in [2.45, 2.75) is 6.92 Å². The number of hydrogen-bond donors (Lipinski definition) is 1. The topological polar surface area (TPSA) is 20.2 Å². The van der Waals surface area contributed by atoms with Crippen molar-refractivity contribution >= 4 is 6.08 Å². The van der Waals surface area contributed by atoms with E-state index >= 15 is 0 Å².